The van der Waals surface area contributed by atoms with E-state index >= 15 is 0 Å². The van der Waals surface area contributed by atoms with Crippen LogP contribution < -0.4 is 14.8 Å². The first-order valence-electron chi connectivity index (χ1n) is 7.83. The summed E-state index contributed by atoms with van der Waals surface area (Å²) in [5.74, 6) is 0.816. The number of para-hydroxylation sites is 1. The SMILES string of the molecule is COc1cccc(CN(C)S(=O)(=O)c2ccc(NC(C)=O)cc2)c1OC. The van der Waals surface area contributed by atoms with Crippen molar-refractivity contribution in [3.8, 4) is 11.5 Å². The van der Waals surface area contributed by atoms with Crippen molar-refractivity contribution in [3.63, 3.8) is 0 Å². The summed E-state index contributed by atoms with van der Waals surface area (Å²) in [6.07, 6.45) is 0. The summed E-state index contributed by atoms with van der Waals surface area (Å²) in [4.78, 5) is 11.2. The zero-order valence-electron chi connectivity index (χ0n) is 15.1. The lowest BCUT2D eigenvalue weighted by Crippen LogP contribution is -2.26. The lowest BCUT2D eigenvalue weighted by molar-refractivity contribution is -0.114. The number of nitrogens with one attached hydrogen (secondary N) is 1. The average molecular weight is 378 g/mol. The zero-order valence-corrected chi connectivity index (χ0v) is 16.0. The van der Waals surface area contributed by atoms with Gasteiger partial charge in [0.15, 0.2) is 11.5 Å². The van der Waals surface area contributed by atoms with Crippen LogP contribution in [0, 0.1) is 0 Å². The molecule has 0 aliphatic heterocycles. The van der Waals surface area contributed by atoms with Crippen molar-refractivity contribution in [3.05, 3.63) is 48.0 Å². The Hall–Kier alpha value is -2.58. The van der Waals surface area contributed by atoms with Gasteiger partial charge in [0.1, 0.15) is 0 Å². The molecular formula is C18H22N2O5S. The Balaban J connectivity index is 2.26. The Bertz CT molecular complexity index is 879. The molecule has 0 unspecified atom stereocenters. The minimum Gasteiger partial charge on any atom is -0.493 e. The van der Waals surface area contributed by atoms with Crippen molar-refractivity contribution in [1.29, 1.82) is 0 Å². The van der Waals surface area contributed by atoms with Gasteiger partial charge in [-0.15, -0.1) is 0 Å². The molecule has 1 N–H and O–H groups in total. The Labute approximate surface area is 153 Å². The number of sulfonamides is 1. The third-order valence-corrected chi connectivity index (χ3v) is 5.58. The smallest absolute Gasteiger partial charge is 0.243 e. The molecule has 0 bridgehead atoms. The van der Waals surface area contributed by atoms with Crippen LogP contribution in [0.15, 0.2) is 47.4 Å². The highest BCUT2D eigenvalue weighted by Gasteiger charge is 2.23. The molecule has 0 saturated heterocycles. The number of rotatable bonds is 7. The molecule has 26 heavy (non-hydrogen) atoms. The molecular weight excluding hydrogens is 356 g/mol. The summed E-state index contributed by atoms with van der Waals surface area (Å²) in [7, 11) is 0.830. The highest BCUT2D eigenvalue weighted by molar-refractivity contribution is 7.89. The van der Waals surface area contributed by atoms with Crippen LogP contribution >= 0.6 is 0 Å². The number of carbonyl (C=O) groups excluding carboxylic acids is 1. The Kier molecular flexibility index (Phi) is 6.23. The molecule has 0 aromatic heterocycles. The van der Waals surface area contributed by atoms with Gasteiger partial charge >= 0.3 is 0 Å². The maximum atomic E-state index is 12.8. The lowest BCUT2D eigenvalue weighted by atomic mass is 10.2. The summed E-state index contributed by atoms with van der Waals surface area (Å²) >= 11 is 0. The third kappa shape index (κ3) is 4.33. The summed E-state index contributed by atoms with van der Waals surface area (Å²) in [5.41, 5.74) is 1.22. The average Bonchev–Trinajstić information content (AvgIpc) is 2.61. The first-order valence-corrected chi connectivity index (χ1v) is 9.27. The molecule has 0 fully saturated rings. The van der Waals surface area contributed by atoms with Crippen LogP contribution in [0.25, 0.3) is 0 Å². The zero-order chi connectivity index (χ0) is 19.3. The van der Waals surface area contributed by atoms with Gasteiger partial charge in [-0.05, 0) is 30.3 Å². The molecule has 2 aromatic rings. The van der Waals surface area contributed by atoms with Crippen LogP contribution in [-0.2, 0) is 21.4 Å². The normalized spacial score (nSPS) is 11.3. The van der Waals surface area contributed by atoms with Crippen molar-refractivity contribution in [2.45, 2.75) is 18.4 Å². The molecule has 8 heteroatoms. The quantitative estimate of drug-likeness (QED) is 0.800. The van der Waals surface area contributed by atoms with Gasteiger partial charge in [-0.1, -0.05) is 12.1 Å². The van der Waals surface area contributed by atoms with Crippen LogP contribution in [0.4, 0.5) is 5.69 Å². The number of carbonyl (C=O) groups is 1. The van der Waals surface area contributed by atoms with E-state index in [2.05, 4.69) is 5.32 Å². The minimum atomic E-state index is -3.70. The second-order valence-corrected chi connectivity index (χ2v) is 7.66. The van der Waals surface area contributed by atoms with Crippen LogP contribution in [0.3, 0.4) is 0 Å². The van der Waals surface area contributed by atoms with E-state index in [1.54, 1.807) is 30.3 Å². The molecule has 1 amide bonds. The molecule has 7 nitrogen and oxygen atoms in total. The van der Waals surface area contributed by atoms with Crippen molar-refractivity contribution < 1.29 is 22.7 Å². The van der Waals surface area contributed by atoms with E-state index in [1.165, 1.54) is 44.6 Å². The number of ether oxygens (including phenoxy) is 2. The van der Waals surface area contributed by atoms with E-state index in [4.69, 9.17) is 9.47 Å². The molecule has 0 aliphatic rings. The van der Waals surface area contributed by atoms with Crippen LogP contribution in [0.1, 0.15) is 12.5 Å². The highest BCUT2D eigenvalue weighted by atomic mass is 32.2. The Morgan fingerprint density at radius 3 is 2.27 bits per heavy atom. The minimum absolute atomic E-state index is 0.121. The van der Waals surface area contributed by atoms with E-state index in [9.17, 15) is 13.2 Å². The van der Waals surface area contributed by atoms with E-state index in [-0.39, 0.29) is 17.3 Å². The van der Waals surface area contributed by atoms with Gasteiger partial charge in [0.05, 0.1) is 19.1 Å². The van der Waals surface area contributed by atoms with Gasteiger partial charge < -0.3 is 14.8 Å². The number of hydrogen-bond acceptors (Lipinski definition) is 5. The van der Waals surface area contributed by atoms with Gasteiger partial charge in [0, 0.05) is 31.8 Å². The Morgan fingerprint density at radius 2 is 1.73 bits per heavy atom. The molecule has 0 aliphatic carbocycles. The van der Waals surface area contributed by atoms with E-state index < -0.39 is 10.0 Å². The van der Waals surface area contributed by atoms with Crippen LogP contribution in [0.5, 0.6) is 11.5 Å². The fraction of sp³-hybridized carbons (Fsp3) is 0.278. The van der Waals surface area contributed by atoms with Gasteiger partial charge in [-0.3, -0.25) is 4.79 Å². The molecule has 0 spiro atoms. The number of hydrogen-bond donors (Lipinski definition) is 1. The standard InChI is InChI=1S/C18H22N2O5S/c1-13(21)19-15-8-10-16(11-9-15)26(22,23)20(2)12-14-6-5-7-17(24-3)18(14)25-4/h5-11H,12H2,1-4H3,(H,19,21). The maximum Gasteiger partial charge on any atom is 0.243 e. The maximum absolute atomic E-state index is 12.8. The lowest BCUT2D eigenvalue weighted by Gasteiger charge is -2.20. The number of methoxy groups -OCH3 is 2. The molecule has 0 atom stereocenters. The molecule has 2 rings (SSSR count). The molecule has 0 heterocycles. The van der Waals surface area contributed by atoms with Gasteiger partial charge in [0.2, 0.25) is 15.9 Å². The third-order valence-electron chi connectivity index (χ3n) is 3.76. The van der Waals surface area contributed by atoms with Crippen LogP contribution in [-0.4, -0.2) is 39.9 Å². The molecule has 2 aromatic carbocycles. The second-order valence-electron chi connectivity index (χ2n) is 5.62. The van der Waals surface area contributed by atoms with E-state index in [0.717, 1.165) is 0 Å². The van der Waals surface area contributed by atoms with Crippen molar-refractivity contribution >= 4 is 21.6 Å². The molecule has 140 valence electrons. The summed E-state index contributed by atoms with van der Waals surface area (Å²) in [6, 6.07) is 11.3. The predicted octanol–water partition coefficient (Wildman–Crippen LogP) is 2.48. The van der Waals surface area contributed by atoms with Gasteiger partial charge in [-0.25, -0.2) is 8.42 Å². The van der Waals surface area contributed by atoms with Crippen LogP contribution in [0.2, 0.25) is 0 Å². The number of benzene rings is 2. The van der Waals surface area contributed by atoms with Gasteiger partial charge in [0.25, 0.3) is 0 Å². The van der Waals surface area contributed by atoms with Crippen molar-refractivity contribution in [1.82, 2.24) is 4.31 Å². The van der Waals surface area contributed by atoms with E-state index in [1.807, 2.05) is 0 Å². The van der Waals surface area contributed by atoms with Gasteiger partial charge in [-0.2, -0.15) is 4.31 Å². The predicted molar refractivity (Wildman–Crippen MR) is 98.9 cm³/mol. The van der Waals surface area contributed by atoms with E-state index in [0.29, 0.717) is 22.7 Å². The fourth-order valence-electron chi connectivity index (χ4n) is 2.50. The fourth-order valence-corrected chi connectivity index (χ4v) is 3.65. The number of amides is 1. The summed E-state index contributed by atoms with van der Waals surface area (Å²) < 4.78 is 37.4. The second kappa shape index (κ2) is 8.20. The highest BCUT2D eigenvalue weighted by Crippen LogP contribution is 2.32. The van der Waals surface area contributed by atoms with Crippen molar-refractivity contribution in [2.24, 2.45) is 0 Å². The first-order chi connectivity index (χ1) is 12.3. The largest absolute Gasteiger partial charge is 0.493 e. The summed E-state index contributed by atoms with van der Waals surface area (Å²) in [6.45, 7) is 1.51. The molecule has 0 saturated carbocycles. The van der Waals surface area contributed by atoms with Crippen molar-refractivity contribution in [2.75, 3.05) is 26.6 Å². The number of anilines is 1. The summed E-state index contributed by atoms with van der Waals surface area (Å²) in [5, 5.41) is 2.60. The molecule has 0 radical (unpaired) electrons. The topological polar surface area (TPSA) is 84.9 Å². The Morgan fingerprint density at radius 1 is 1.08 bits per heavy atom. The number of nitrogens with zero attached hydrogens (tertiary/aromatic N) is 1. The monoisotopic (exact) mass is 378 g/mol. The first kappa shape index (κ1) is 19.7.